The van der Waals surface area contributed by atoms with Gasteiger partial charge in [-0.25, -0.2) is 19.2 Å². The predicted octanol–water partition coefficient (Wildman–Crippen LogP) is 2.83. The normalized spacial score (nSPS) is 13.6. The SMILES string of the molecule is Cc1cccc(Cn2c(=O)c3c([nH]c4[n+]3CCCN4c3ccc(C)c(C)c3)n(C)c2=O)c1. The summed E-state index contributed by atoms with van der Waals surface area (Å²) in [6.07, 6.45) is 0.914. The minimum absolute atomic E-state index is 0.254. The molecule has 7 nitrogen and oxygen atoms in total. The summed E-state index contributed by atoms with van der Waals surface area (Å²) >= 11 is 0. The number of aromatic nitrogens is 4. The van der Waals surface area contributed by atoms with E-state index in [1.165, 1.54) is 15.7 Å². The Labute approximate surface area is 186 Å². The number of rotatable bonds is 3. The van der Waals surface area contributed by atoms with Crippen LogP contribution in [-0.2, 0) is 20.1 Å². The predicted molar refractivity (Wildman–Crippen MR) is 126 cm³/mol. The lowest BCUT2D eigenvalue weighted by Crippen LogP contribution is -2.49. The van der Waals surface area contributed by atoms with Gasteiger partial charge in [-0.2, -0.15) is 0 Å². The van der Waals surface area contributed by atoms with Crippen LogP contribution < -0.4 is 20.7 Å². The minimum Gasteiger partial charge on any atom is -0.267 e. The maximum Gasteiger partial charge on any atom is 0.364 e. The number of anilines is 2. The fourth-order valence-corrected chi connectivity index (χ4v) is 4.62. The van der Waals surface area contributed by atoms with E-state index in [4.69, 9.17) is 0 Å². The maximum absolute atomic E-state index is 13.6. The molecule has 1 aliphatic rings. The Morgan fingerprint density at radius 3 is 2.59 bits per heavy atom. The van der Waals surface area contributed by atoms with Crippen molar-refractivity contribution in [2.24, 2.45) is 7.05 Å². The molecular formula is C25H28N5O2+. The van der Waals surface area contributed by atoms with E-state index in [1.807, 2.05) is 35.8 Å². The Hall–Kier alpha value is -3.61. The van der Waals surface area contributed by atoms with Crippen LogP contribution in [0.25, 0.3) is 11.2 Å². The van der Waals surface area contributed by atoms with E-state index in [1.54, 1.807) is 11.6 Å². The minimum atomic E-state index is -0.319. The summed E-state index contributed by atoms with van der Waals surface area (Å²) in [6.45, 7) is 8.05. The van der Waals surface area contributed by atoms with Crippen molar-refractivity contribution in [3.63, 3.8) is 0 Å². The lowest BCUT2D eigenvalue weighted by Gasteiger charge is -2.22. The van der Waals surface area contributed by atoms with Crippen molar-refractivity contribution < 1.29 is 4.57 Å². The van der Waals surface area contributed by atoms with Crippen molar-refractivity contribution in [1.82, 2.24) is 14.1 Å². The second-order valence-corrected chi connectivity index (χ2v) is 8.79. The third-order valence-electron chi connectivity index (χ3n) is 6.53. The van der Waals surface area contributed by atoms with Crippen molar-refractivity contribution in [2.45, 2.75) is 40.3 Å². The van der Waals surface area contributed by atoms with E-state index in [0.717, 1.165) is 42.3 Å². The quantitative estimate of drug-likeness (QED) is 0.509. The van der Waals surface area contributed by atoms with Gasteiger partial charge in [-0.15, -0.1) is 0 Å². The van der Waals surface area contributed by atoms with Crippen LogP contribution in [0, 0.1) is 20.8 Å². The van der Waals surface area contributed by atoms with Crippen LogP contribution in [0.3, 0.4) is 0 Å². The number of benzene rings is 2. The number of aromatic amines is 1. The van der Waals surface area contributed by atoms with Crippen LogP contribution >= 0.6 is 0 Å². The summed E-state index contributed by atoms with van der Waals surface area (Å²) < 4.78 is 4.92. The van der Waals surface area contributed by atoms with E-state index in [9.17, 15) is 9.59 Å². The number of hydrogen-bond acceptors (Lipinski definition) is 3. The third-order valence-corrected chi connectivity index (χ3v) is 6.53. The van der Waals surface area contributed by atoms with Gasteiger partial charge >= 0.3 is 11.6 Å². The summed E-state index contributed by atoms with van der Waals surface area (Å²) in [5.41, 5.74) is 6.13. The van der Waals surface area contributed by atoms with Gasteiger partial charge < -0.3 is 0 Å². The number of hydrogen-bond donors (Lipinski definition) is 1. The number of nitrogens with zero attached hydrogens (tertiary/aromatic N) is 4. The second-order valence-electron chi connectivity index (χ2n) is 8.79. The topological polar surface area (TPSA) is 66.9 Å². The van der Waals surface area contributed by atoms with E-state index in [0.29, 0.717) is 11.2 Å². The molecule has 1 aliphatic heterocycles. The van der Waals surface area contributed by atoms with Crippen LogP contribution in [0.15, 0.2) is 52.1 Å². The Morgan fingerprint density at radius 1 is 1.03 bits per heavy atom. The fraction of sp³-hybridized carbons (Fsp3) is 0.320. The molecule has 0 unspecified atom stereocenters. The Balaban J connectivity index is 1.70. The van der Waals surface area contributed by atoms with Gasteiger partial charge in [0.2, 0.25) is 11.2 Å². The van der Waals surface area contributed by atoms with Gasteiger partial charge in [-0.3, -0.25) is 13.9 Å². The molecule has 5 rings (SSSR count). The zero-order chi connectivity index (χ0) is 22.6. The average molecular weight is 431 g/mol. The first kappa shape index (κ1) is 20.3. The van der Waals surface area contributed by atoms with Crippen molar-refractivity contribution in [3.05, 3.63) is 85.6 Å². The average Bonchev–Trinajstić information content (AvgIpc) is 3.17. The van der Waals surface area contributed by atoms with Crippen LogP contribution in [-0.4, -0.2) is 20.7 Å². The van der Waals surface area contributed by atoms with Crippen LogP contribution in [0.5, 0.6) is 0 Å². The highest BCUT2D eigenvalue weighted by Gasteiger charge is 2.33. The van der Waals surface area contributed by atoms with Gasteiger partial charge in [0.15, 0.2) is 0 Å². The molecule has 0 fully saturated rings. The van der Waals surface area contributed by atoms with Gasteiger partial charge in [0.05, 0.1) is 19.6 Å². The highest BCUT2D eigenvalue weighted by molar-refractivity contribution is 5.70. The number of aryl methyl sites for hydroxylation is 5. The molecule has 32 heavy (non-hydrogen) atoms. The van der Waals surface area contributed by atoms with Crippen molar-refractivity contribution in [1.29, 1.82) is 0 Å². The summed E-state index contributed by atoms with van der Waals surface area (Å²) in [6, 6.07) is 14.3. The van der Waals surface area contributed by atoms with Gasteiger partial charge in [0, 0.05) is 13.5 Å². The van der Waals surface area contributed by atoms with Crippen LogP contribution in [0.4, 0.5) is 11.6 Å². The number of H-pyrrole nitrogens is 1. The molecule has 3 heterocycles. The first-order valence-electron chi connectivity index (χ1n) is 11.0. The Bertz CT molecular complexity index is 1470. The highest BCUT2D eigenvalue weighted by Crippen LogP contribution is 2.27. The zero-order valence-corrected chi connectivity index (χ0v) is 19.0. The molecule has 0 radical (unpaired) electrons. The highest BCUT2D eigenvalue weighted by atomic mass is 16.2. The number of imidazole rings is 1. The third kappa shape index (κ3) is 3.16. The Kier molecular flexibility index (Phi) is 4.77. The van der Waals surface area contributed by atoms with E-state index in [-0.39, 0.29) is 17.8 Å². The van der Waals surface area contributed by atoms with Crippen molar-refractivity contribution in [2.75, 3.05) is 11.4 Å². The van der Waals surface area contributed by atoms with Crippen molar-refractivity contribution >= 4 is 22.8 Å². The fourth-order valence-electron chi connectivity index (χ4n) is 4.62. The maximum atomic E-state index is 13.6. The number of nitrogens with one attached hydrogen (secondary N) is 1. The van der Waals surface area contributed by atoms with Crippen molar-refractivity contribution in [3.8, 4) is 0 Å². The van der Waals surface area contributed by atoms with Gasteiger partial charge in [-0.05, 0) is 49.6 Å². The lowest BCUT2D eigenvalue weighted by atomic mass is 10.1. The summed E-state index contributed by atoms with van der Waals surface area (Å²) in [4.78, 5) is 32.3. The molecule has 0 aliphatic carbocycles. The first-order chi connectivity index (χ1) is 15.3. The molecule has 2 aromatic heterocycles. The van der Waals surface area contributed by atoms with Crippen LogP contribution in [0.2, 0.25) is 0 Å². The van der Waals surface area contributed by atoms with Gasteiger partial charge in [0.1, 0.15) is 5.69 Å². The molecular weight excluding hydrogens is 402 g/mol. The van der Waals surface area contributed by atoms with Gasteiger partial charge in [-0.1, -0.05) is 35.9 Å². The molecule has 0 bridgehead atoms. The molecule has 0 saturated heterocycles. The molecule has 0 amide bonds. The summed E-state index contributed by atoms with van der Waals surface area (Å²) in [7, 11) is 1.72. The Morgan fingerprint density at radius 2 is 1.84 bits per heavy atom. The van der Waals surface area contributed by atoms with E-state index in [2.05, 4.69) is 41.9 Å². The molecule has 7 heteroatoms. The molecule has 0 spiro atoms. The lowest BCUT2D eigenvalue weighted by molar-refractivity contribution is -0.663. The molecule has 164 valence electrons. The summed E-state index contributed by atoms with van der Waals surface area (Å²) in [5, 5.41) is 0. The van der Waals surface area contributed by atoms with Crippen LogP contribution in [0.1, 0.15) is 28.7 Å². The van der Waals surface area contributed by atoms with E-state index < -0.39 is 0 Å². The second kappa shape index (κ2) is 7.51. The zero-order valence-electron chi connectivity index (χ0n) is 19.0. The standard InChI is InChI=1S/C25H27N5O2/c1-16-7-5-8-19(13-16)15-30-23(31)21-22(27(4)25(30)32)26-24-28(11-6-12-29(21)24)20-10-9-17(2)18(3)14-20/h5,7-10,13-14H,6,11-12,15H2,1-4H3/p+1. The molecule has 1 N–H and O–H groups in total. The van der Waals surface area contributed by atoms with Gasteiger partial charge in [0.25, 0.3) is 5.56 Å². The van der Waals surface area contributed by atoms with E-state index >= 15 is 0 Å². The molecule has 0 saturated carbocycles. The first-order valence-corrected chi connectivity index (χ1v) is 11.0. The smallest absolute Gasteiger partial charge is 0.267 e. The summed E-state index contributed by atoms with van der Waals surface area (Å²) in [5.74, 6) is 0.843. The molecule has 2 aromatic carbocycles. The monoisotopic (exact) mass is 430 g/mol. The number of fused-ring (bicyclic) bond motifs is 3. The molecule has 0 atom stereocenters. The largest absolute Gasteiger partial charge is 0.364 e. The molecule has 4 aromatic rings.